The zero-order chi connectivity index (χ0) is 20.9. The number of carbonyl (C=O) groups excluding carboxylic acids is 3. The monoisotopic (exact) mass is 409 g/mol. The molecule has 1 heterocycles. The number of rotatable bonds is 6. The van der Waals surface area contributed by atoms with E-state index in [2.05, 4.69) is 16.2 Å². The van der Waals surface area contributed by atoms with E-state index in [1.165, 1.54) is 0 Å². The maximum Gasteiger partial charge on any atom is 0.261 e. The van der Waals surface area contributed by atoms with Crippen molar-refractivity contribution in [2.45, 2.75) is 39.7 Å². The molecule has 8 nitrogen and oxygen atoms in total. The Hall–Kier alpha value is -2.42. The van der Waals surface area contributed by atoms with Crippen molar-refractivity contribution in [3.8, 4) is 0 Å². The van der Waals surface area contributed by atoms with Crippen molar-refractivity contribution in [1.82, 2.24) is 16.2 Å². The Kier molecular flexibility index (Phi) is 7.17. The molecule has 2 rings (SSSR count). The number of sulfone groups is 1. The van der Waals surface area contributed by atoms with Gasteiger partial charge in [0.15, 0.2) is 9.84 Å². The lowest BCUT2D eigenvalue weighted by molar-refractivity contribution is -0.130. The number of benzene rings is 1. The van der Waals surface area contributed by atoms with Crippen molar-refractivity contribution in [3.63, 3.8) is 0 Å². The van der Waals surface area contributed by atoms with Crippen LogP contribution in [0.25, 0.3) is 0 Å². The van der Waals surface area contributed by atoms with Crippen LogP contribution < -0.4 is 16.2 Å². The Balaban J connectivity index is 1.88. The maximum atomic E-state index is 12.4. The summed E-state index contributed by atoms with van der Waals surface area (Å²) in [6, 6.07) is 6.18. The quantitative estimate of drug-likeness (QED) is 0.598. The molecule has 0 aliphatic carbocycles. The Morgan fingerprint density at radius 3 is 2.46 bits per heavy atom. The van der Waals surface area contributed by atoms with E-state index in [4.69, 9.17) is 0 Å². The van der Waals surface area contributed by atoms with E-state index in [1.807, 2.05) is 13.0 Å². The molecule has 1 aliphatic rings. The van der Waals surface area contributed by atoms with Crippen LogP contribution in [0.5, 0.6) is 0 Å². The summed E-state index contributed by atoms with van der Waals surface area (Å²) < 4.78 is 22.9. The van der Waals surface area contributed by atoms with Crippen LogP contribution in [0, 0.1) is 18.8 Å². The van der Waals surface area contributed by atoms with Gasteiger partial charge in [-0.15, -0.1) is 0 Å². The summed E-state index contributed by atoms with van der Waals surface area (Å²) in [5.74, 6) is -1.71. The number of amides is 3. The number of hydrogen-bond acceptors (Lipinski definition) is 5. The van der Waals surface area contributed by atoms with Gasteiger partial charge in [-0.1, -0.05) is 31.5 Å². The third kappa shape index (κ3) is 6.33. The fraction of sp³-hybridized carbons (Fsp3) is 0.526. The third-order valence-corrected chi connectivity index (χ3v) is 6.48. The second kappa shape index (κ2) is 9.18. The van der Waals surface area contributed by atoms with E-state index in [0.717, 1.165) is 5.56 Å². The smallest absolute Gasteiger partial charge is 0.261 e. The molecule has 1 fully saturated rings. The molecular weight excluding hydrogens is 382 g/mol. The SMILES string of the molecule is Cc1cccc(C(=O)N[C@H](C(=O)NNC(=O)CC2CCS(=O)(=O)C2)C(C)C)c1. The Bertz CT molecular complexity index is 851. The maximum absolute atomic E-state index is 12.4. The highest BCUT2D eigenvalue weighted by Crippen LogP contribution is 2.21. The standard InChI is InChI=1S/C19H27N3O5S/c1-12(2)17(20-18(24)15-6-4-5-13(3)9-15)19(25)22-21-16(23)10-14-7-8-28(26,27)11-14/h4-6,9,12,14,17H,7-8,10-11H2,1-3H3,(H,20,24)(H,21,23)(H,22,25)/t14?,17-/m0/s1. The van der Waals surface area contributed by atoms with E-state index < -0.39 is 27.7 Å². The van der Waals surface area contributed by atoms with Crippen LogP contribution in [0.3, 0.4) is 0 Å². The van der Waals surface area contributed by atoms with Crippen molar-refractivity contribution < 1.29 is 22.8 Å². The van der Waals surface area contributed by atoms with E-state index in [-0.39, 0.29) is 35.7 Å². The first-order valence-electron chi connectivity index (χ1n) is 9.24. The van der Waals surface area contributed by atoms with Crippen LogP contribution in [-0.2, 0) is 19.4 Å². The fourth-order valence-corrected chi connectivity index (χ4v) is 4.96. The molecule has 0 radical (unpaired) electrons. The molecule has 1 aliphatic heterocycles. The zero-order valence-electron chi connectivity index (χ0n) is 16.3. The molecule has 1 unspecified atom stereocenters. The highest BCUT2D eigenvalue weighted by atomic mass is 32.2. The Labute approximate surface area is 165 Å². The molecule has 3 N–H and O–H groups in total. The molecular formula is C19H27N3O5S. The van der Waals surface area contributed by atoms with Gasteiger partial charge in [0.25, 0.3) is 11.8 Å². The molecule has 1 aromatic carbocycles. The molecule has 154 valence electrons. The second-order valence-corrected chi connectivity index (χ2v) is 9.80. The summed E-state index contributed by atoms with van der Waals surface area (Å²) in [6.07, 6.45) is 0.479. The lowest BCUT2D eigenvalue weighted by Gasteiger charge is -2.22. The summed E-state index contributed by atoms with van der Waals surface area (Å²) in [6.45, 7) is 5.44. The van der Waals surface area contributed by atoms with E-state index in [0.29, 0.717) is 12.0 Å². The molecule has 28 heavy (non-hydrogen) atoms. The first kappa shape index (κ1) is 21.9. The number of aryl methyl sites for hydroxylation is 1. The van der Waals surface area contributed by atoms with Crippen molar-refractivity contribution >= 4 is 27.6 Å². The molecule has 3 amide bonds. The Morgan fingerprint density at radius 1 is 1.18 bits per heavy atom. The molecule has 0 saturated carbocycles. The number of hydrogen-bond donors (Lipinski definition) is 3. The molecule has 9 heteroatoms. The highest BCUT2D eigenvalue weighted by Gasteiger charge is 2.30. The predicted octanol–water partition coefficient (Wildman–Crippen LogP) is 0.722. The van der Waals surface area contributed by atoms with Gasteiger partial charge in [-0.25, -0.2) is 8.42 Å². The molecule has 1 saturated heterocycles. The minimum absolute atomic E-state index is 0.00443. The summed E-state index contributed by atoms with van der Waals surface area (Å²) in [7, 11) is -3.05. The van der Waals surface area contributed by atoms with Crippen LogP contribution in [0.1, 0.15) is 42.6 Å². The minimum Gasteiger partial charge on any atom is -0.340 e. The first-order chi connectivity index (χ1) is 13.1. The van der Waals surface area contributed by atoms with Crippen molar-refractivity contribution in [2.75, 3.05) is 11.5 Å². The third-order valence-electron chi connectivity index (χ3n) is 4.64. The fourth-order valence-electron chi connectivity index (χ4n) is 3.10. The second-order valence-electron chi connectivity index (χ2n) is 7.58. The van der Waals surface area contributed by atoms with E-state index >= 15 is 0 Å². The number of carbonyl (C=O) groups is 3. The van der Waals surface area contributed by atoms with Gasteiger partial charge < -0.3 is 5.32 Å². The van der Waals surface area contributed by atoms with Gasteiger partial charge in [-0.2, -0.15) is 0 Å². The van der Waals surface area contributed by atoms with Gasteiger partial charge in [0.05, 0.1) is 11.5 Å². The van der Waals surface area contributed by atoms with Crippen molar-refractivity contribution in [2.24, 2.45) is 11.8 Å². The average Bonchev–Trinajstić information content (AvgIpc) is 2.95. The van der Waals surface area contributed by atoms with Crippen LogP contribution in [-0.4, -0.2) is 43.7 Å². The minimum atomic E-state index is -3.05. The van der Waals surface area contributed by atoms with E-state index in [1.54, 1.807) is 32.0 Å². The highest BCUT2D eigenvalue weighted by molar-refractivity contribution is 7.91. The van der Waals surface area contributed by atoms with Crippen LogP contribution in [0.4, 0.5) is 0 Å². The molecule has 0 spiro atoms. The lowest BCUT2D eigenvalue weighted by atomic mass is 10.0. The first-order valence-corrected chi connectivity index (χ1v) is 11.1. The van der Waals surface area contributed by atoms with Gasteiger partial charge in [0, 0.05) is 12.0 Å². The zero-order valence-corrected chi connectivity index (χ0v) is 17.1. The van der Waals surface area contributed by atoms with Crippen LogP contribution in [0.15, 0.2) is 24.3 Å². The normalized spacial score (nSPS) is 19.1. The van der Waals surface area contributed by atoms with E-state index in [9.17, 15) is 22.8 Å². The summed E-state index contributed by atoms with van der Waals surface area (Å²) >= 11 is 0. The van der Waals surface area contributed by atoms with Crippen LogP contribution >= 0.6 is 0 Å². The largest absolute Gasteiger partial charge is 0.340 e. The van der Waals surface area contributed by atoms with Gasteiger partial charge in [0.1, 0.15) is 6.04 Å². The number of hydrazine groups is 1. The topological polar surface area (TPSA) is 121 Å². The summed E-state index contributed by atoms with van der Waals surface area (Å²) in [5.41, 5.74) is 6.01. The molecule has 0 bridgehead atoms. The van der Waals surface area contributed by atoms with Crippen molar-refractivity contribution in [3.05, 3.63) is 35.4 Å². The molecule has 0 aromatic heterocycles. The van der Waals surface area contributed by atoms with Gasteiger partial charge in [-0.05, 0) is 37.3 Å². The number of nitrogens with one attached hydrogen (secondary N) is 3. The van der Waals surface area contributed by atoms with Gasteiger partial charge in [0.2, 0.25) is 5.91 Å². The lowest BCUT2D eigenvalue weighted by Crippen LogP contribution is -2.54. The average molecular weight is 410 g/mol. The summed E-state index contributed by atoms with van der Waals surface area (Å²) in [4.78, 5) is 36.8. The Morgan fingerprint density at radius 2 is 1.89 bits per heavy atom. The summed E-state index contributed by atoms with van der Waals surface area (Å²) in [5, 5.41) is 2.69. The van der Waals surface area contributed by atoms with Gasteiger partial charge in [-0.3, -0.25) is 25.2 Å². The predicted molar refractivity (Wildman–Crippen MR) is 105 cm³/mol. The molecule has 1 aromatic rings. The van der Waals surface area contributed by atoms with Gasteiger partial charge >= 0.3 is 0 Å². The molecule has 2 atom stereocenters. The van der Waals surface area contributed by atoms with Crippen LogP contribution in [0.2, 0.25) is 0 Å². The van der Waals surface area contributed by atoms with Crippen molar-refractivity contribution in [1.29, 1.82) is 0 Å².